The van der Waals surface area contributed by atoms with Gasteiger partial charge in [-0.2, -0.15) is 0 Å². The summed E-state index contributed by atoms with van der Waals surface area (Å²) >= 11 is 0. The van der Waals surface area contributed by atoms with E-state index in [9.17, 15) is 5.11 Å². The van der Waals surface area contributed by atoms with E-state index in [0.717, 1.165) is 30.6 Å². The van der Waals surface area contributed by atoms with Crippen LogP contribution in [0.3, 0.4) is 0 Å². The zero-order chi connectivity index (χ0) is 10.6. The second-order valence-corrected chi connectivity index (χ2v) is 3.74. The molecule has 2 heteroatoms. The lowest BCUT2D eigenvalue weighted by molar-refractivity contribution is 0.470. The maximum absolute atomic E-state index is 9.48. The van der Waals surface area contributed by atoms with E-state index in [1.54, 1.807) is 0 Å². The van der Waals surface area contributed by atoms with Crippen LogP contribution in [-0.4, -0.2) is 11.7 Å². The fraction of sp³-hybridized carbons (Fsp3) is 0.500. The molecule has 0 heterocycles. The normalized spacial score (nSPS) is 10.5. The lowest BCUT2D eigenvalue weighted by Gasteiger charge is -2.09. The molecule has 1 aromatic rings. The Bertz CT molecular complexity index is 307. The predicted octanol–water partition coefficient (Wildman–Crippen LogP) is 2.51. The maximum atomic E-state index is 9.48. The minimum absolute atomic E-state index is 0.391. The largest absolute Gasteiger partial charge is 0.508 e. The molecule has 14 heavy (non-hydrogen) atoms. The van der Waals surface area contributed by atoms with Crippen LogP contribution in [0.15, 0.2) is 12.1 Å². The maximum Gasteiger partial charge on any atom is 0.118 e. The Morgan fingerprint density at radius 3 is 2.57 bits per heavy atom. The number of aromatic hydroxyl groups is 1. The third-order valence-electron chi connectivity index (χ3n) is 2.40. The first kappa shape index (κ1) is 11.1. The van der Waals surface area contributed by atoms with Gasteiger partial charge in [-0.05, 0) is 49.6 Å². The summed E-state index contributed by atoms with van der Waals surface area (Å²) in [5, 5.41) is 12.8. The molecule has 0 unspecified atom stereocenters. The van der Waals surface area contributed by atoms with E-state index >= 15 is 0 Å². The summed E-state index contributed by atoms with van der Waals surface area (Å²) in [6.45, 7) is 8.04. The van der Waals surface area contributed by atoms with Crippen molar-refractivity contribution in [2.24, 2.45) is 0 Å². The van der Waals surface area contributed by atoms with E-state index in [2.05, 4.69) is 12.2 Å². The molecule has 0 radical (unpaired) electrons. The van der Waals surface area contributed by atoms with Gasteiger partial charge >= 0.3 is 0 Å². The molecule has 0 aromatic heterocycles. The minimum atomic E-state index is 0.391. The number of phenolic OH excluding ortho intramolecular Hbond substituents is 1. The molecule has 78 valence electrons. The van der Waals surface area contributed by atoms with Crippen LogP contribution in [0, 0.1) is 13.8 Å². The number of hydrogen-bond acceptors (Lipinski definition) is 2. The van der Waals surface area contributed by atoms with E-state index in [4.69, 9.17) is 0 Å². The summed E-state index contributed by atoms with van der Waals surface area (Å²) in [6, 6.07) is 3.88. The molecule has 0 bridgehead atoms. The van der Waals surface area contributed by atoms with Crippen LogP contribution in [0.25, 0.3) is 0 Å². The summed E-state index contributed by atoms with van der Waals surface area (Å²) in [5.74, 6) is 0.391. The highest BCUT2D eigenvalue weighted by molar-refractivity contribution is 5.40. The average molecular weight is 193 g/mol. The molecule has 1 rings (SSSR count). The highest BCUT2D eigenvalue weighted by Crippen LogP contribution is 2.20. The van der Waals surface area contributed by atoms with Crippen molar-refractivity contribution < 1.29 is 5.11 Å². The minimum Gasteiger partial charge on any atom is -0.508 e. The summed E-state index contributed by atoms with van der Waals surface area (Å²) in [4.78, 5) is 0. The number of rotatable bonds is 4. The molecule has 0 fully saturated rings. The Labute approximate surface area is 86.0 Å². The number of hydrogen-bond donors (Lipinski definition) is 2. The van der Waals surface area contributed by atoms with Gasteiger partial charge in [0.05, 0.1) is 0 Å². The van der Waals surface area contributed by atoms with Crippen LogP contribution >= 0.6 is 0 Å². The van der Waals surface area contributed by atoms with Gasteiger partial charge in [0.15, 0.2) is 0 Å². The average Bonchev–Trinajstić information content (AvgIpc) is 2.14. The van der Waals surface area contributed by atoms with Crippen LogP contribution in [0.4, 0.5) is 0 Å². The van der Waals surface area contributed by atoms with Crippen molar-refractivity contribution in [1.82, 2.24) is 5.32 Å². The second kappa shape index (κ2) is 5.01. The lowest BCUT2D eigenvalue weighted by Crippen LogP contribution is -2.14. The molecular weight excluding hydrogens is 174 g/mol. The van der Waals surface area contributed by atoms with E-state index in [0.29, 0.717) is 5.75 Å². The molecule has 2 N–H and O–H groups in total. The first-order valence-corrected chi connectivity index (χ1v) is 5.15. The quantitative estimate of drug-likeness (QED) is 0.720. The van der Waals surface area contributed by atoms with Gasteiger partial charge in [-0.25, -0.2) is 0 Å². The Kier molecular flexibility index (Phi) is 3.96. The Hall–Kier alpha value is -1.02. The lowest BCUT2D eigenvalue weighted by atomic mass is 10.0. The smallest absolute Gasteiger partial charge is 0.118 e. The van der Waals surface area contributed by atoms with Crippen LogP contribution < -0.4 is 5.32 Å². The fourth-order valence-corrected chi connectivity index (χ4v) is 1.45. The monoisotopic (exact) mass is 193 g/mol. The zero-order valence-electron chi connectivity index (χ0n) is 9.22. The van der Waals surface area contributed by atoms with Gasteiger partial charge in [-0.15, -0.1) is 0 Å². The van der Waals surface area contributed by atoms with Gasteiger partial charge in [-0.3, -0.25) is 0 Å². The van der Waals surface area contributed by atoms with Crippen molar-refractivity contribution in [1.29, 1.82) is 0 Å². The molecule has 2 nitrogen and oxygen atoms in total. The number of benzene rings is 1. The molecule has 0 aliphatic heterocycles. The standard InChI is InChI=1S/C12H19NO/c1-4-5-13-8-11-6-10(3)12(14)7-9(11)2/h6-7,13-14H,4-5,8H2,1-3H3. The molecule has 0 atom stereocenters. The topological polar surface area (TPSA) is 32.3 Å². The molecule has 0 saturated heterocycles. The number of nitrogens with one attached hydrogen (secondary N) is 1. The van der Waals surface area contributed by atoms with Crippen molar-refractivity contribution >= 4 is 0 Å². The molecule has 0 saturated carbocycles. The fourth-order valence-electron chi connectivity index (χ4n) is 1.45. The second-order valence-electron chi connectivity index (χ2n) is 3.74. The first-order chi connectivity index (χ1) is 6.65. The highest BCUT2D eigenvalue weighted by Gasteiger charge is 2.02. The van der Waals surface area contributed by atoms with Crippen molar-refractivity contribution in [3.8, 4) is 5.75 Å². The van der Waals surface area contributed by atoms with Crippen molar-refractivity contribution in [3.63, 3.8) is 0 Å². The van der Waals surface area contributed by atoms with Crippen molar-refractivity contribution in [3.05, 3.63) is 28.8 Å². The summed E-state index contributed by atoms with van der Waals surface area (Å²) < 4.78 is 0. The Balaban J connectivity index is 2.72. The van der Waals surface area contributed by atoms with Gasteiger partial charge in [0.2, 0.25) is 0 Å². The van der Waals surface area contributed by atoms with E-state index < -0.39 is 0 Å². The summed E-state index contributed by atoms with van der Waals surface area (Å²) in [5.41, 5.74) is 3.37. The number of phenols is 1. The molecular formula is C12H19NO. The zero-order valence-corrected chi connectivity index (χ0v) is 9.22. The van der Waals surface area contributed by atoms with Crippen LogP contribution in [0.5, 0.6) is 5.75 Å². The van der Waals surface area contributed by atoms with Gasteiger partial charge in [-0.1, -0.05) is 13.0 Å². The molecule has 0 amide bonds. The predicted molar refractivity (Wildman–Crippen MR) is 59.6 cm³/mol. The van der Waals surface area contributed by atoms with Crippen LogP contribution in [0.1, 0.15) is 30.0 Å². The SMILES string of the molecule is CCCNCc1cc(C)c(O)cc1C. The van der Waals surface area contributed by atoms with Crippen molar-refractivity contribution in [2.45, 2.75) is 33.7 Å². The first-order valence-electron chi connectivity index (χ1n) is 5.15. The highest BCUT2D eigenvalue weighted by atomic mass is 16.3. The van der Waals surface area contributed by atoms with Crippen LogP contribution in [-0.2, 0) is 6.54 Å². The van der Waals surface area contributed by atoms with Gasteiger partial charge in [0, 0.05) is 6.54 Å². The van der Waals surface area contributed by atoms with Gasteiger partial charge in [0.25, 0.3) is 0 Å². The molecule has 0 aliphatic carbocycles. The third kappa shape index (κ3) is 2.74. The van der Waals surface area contributed by atoms with Crippen molar-refractivity contribution in [2.75, 3.05) is 6.54 Å². The molecule has 0 spiro atoms. The summed E-state index contributed by atoms with van der Waals surface area (Å²) in [7, 11) is 0. The Morgan fingerprint density at radius 2 is 1.93 bits per heavy atom. The van der Waals surface area contributed by atoms with Gasteiger partial charge < -0.3 is 10.4 Å². The van der Waals surface area contributed by atoms with Crippen LogP contribution in [0.2, 0.25) is 0 Å². The Morgan fingerprint density at radius 1 is 1.21 bits per heavy atom. The summed E-state index contributed by atoms with van der Waals surface area (Å²) in [6.07, 6.45) is 1.15. The molecule has 1 aromatic carbocycles. The van der Waals surface area contributed by atoms with E-state index in [1.807, 2.05) is 26.0 Å². The van der Waals surface area contributed by atoms with E-state index in [-0.39, 0.29) is 0 Å². The third-order valence-corrected chi connectivity index (χ3v) is 2.40. The van der Waals surface area contributed by atoms with Gasteiger partial charge in [0.1, 0.15) is 5.75 Å². The molecule has 0 aliphatic rings. The van der Waals surface area contributed by atoms with E-state index in [1.165, 1.54) is 5.56 Å². The number of aryl methyl sites for hydroxylation is 2.